The van der Waals surface area contributed by atoms with Crippen molar-refractivity contribution in [2.45, 2.75) is 55.7 Å². The van der Waals surface area contributed by atoms with Crippen LogP contribution in [0.4, 0.5) is 8.78 Å². The lowest BCUT2D eigenvalue weighted by molar-refractivity contribution is -0.118. The maximum absolute atomic E-state index is 14.9. The van der Waals surface area contributed by atoms with Crippen molar-refractivity contribution in [3.8, 4) is 0 Å². The molecule has 2 atom stereocenters. The highest BCUT2D eigenvalue weighted by molar-refractivity contribution is 7.82. The molecular weight excluding hydrogens is 406 g/mol. The van der Waals surface area contributed by atoms with Gasteiger partial charge in [0.05, 0.1) is 5.25 Å². The van der Waals surface area contributed by atoms with Crippen molar-refractivity contribution in [3.63, 3.8) is 0 Å². The summed E-state index contributed by atoms with van der Waals surface area (Å²) in [6.45, 7) is 0.689. The number of nitrogens with two attached hydrogens (primary N) is 1. The summed E-state index contributed by atoms with van der Waals surface area (Å²) in [5, 5.41) is -0.129. The minimum atomic E-state index is -1.31. The molecule has 0 radical (unpaired) electrons. The van der Waals surface area contributed by atoms with Crippen molar-refractivity contribution in [1.29, 1.82) is 0 Å². The van der Waals surface area contributed by atoms with Gasteiger partial charge in [0.25, 0.3) is 0 Å². The zero-order valence-electron chi connectivity index (χ0n) is 16.8. The third-order valence-corrected chi connectivity index (χ3v) is 8.12. The highest BCUT2D eigenvalue weighted by Gasteiger charge is 2.46. The first kappa shape index (κ1) is 21.1. The summed E-state index contributed by atoms with van der Waals surface area (Å²) in [5.41, 5.74) is 6.29. The molecule has 7 heteroatoms. The average Bonchev–Trinajstić information content (AvgIpc) is 3.52. The molecule has 2 aliphatic rings. The van der Waals surface area contributed by atoms with Crippen molar-refractivity contribution in [3.05, 3.63) is 70.8 Å². The van der Waals surface area contributed by atoms with E-state index in [-0.39, 0.29) is 23.8 Å². The Labute approximate surface area is 178 Å². The largest absolute Gasteiger partial charge is 0.370 e. The minimum Gasteiger partial charge on any atom is -0.370 e. The Morgan fingerprint density at radius 3 is 2.57 bits per heavy atom. The third-order valence-electron chi connectivity index (χ3n) is 6.30. The van der Waals surface area contributed by atoms with Gasteiger partial charge in [0.2, 0.25) is 5.91 Å². The highest BCUT2D eigenvalue weighted by Crippen LogP contribution is 2.52. The van der Waals surface area contributed by atoms with Gasteiger partial charge >= 0.3 is 0 Å². The maximum atomic E-state index is 14.9. The smallest absolute Gasteiger partial charge is 0.217 e. The molecule has 30 heavy (non-hydrogen) atoms. The average molecular weight is 433 g/mol. The van der Waals surface area contributed by atoms with E-state index in [0.717, 1.165) is 31.2 Å². The number of halogens is 2. The van der Waals surface area contributed by atoms with Gasteiger partial charge in [-0.25, -0.2) is 17.3 Å². The first-order valence-corrected chi connectivity index (χ1v) is 11.5. The Hall–Kier alpha value is -2.12. The lowest BCUT2D eigenvalue weighted by Crippen LogP contribution is -2.35. The molecule has 1 saturated heterocycles. The van der Waals surface area contributed by atoms with E-state index in [9.17, 15) is 17.8 Å². The van der Waals surface area contributed by atoms with E-state index in [2.05, 4.69) is 0 Å². The third kappa shape index (κ3) is 4.32. The number of rotatable bonds is 7. The molecule has 2 N–H and O–H groups in total. The van der Waals surface area contributed by atoms with Gasteiger partial charge in [-0.15, -0.1) is 0 Å². The summed E-state index contributed by atoms with van der Waals surface area (Å²) in [7, 11) is -1.31. The van der Waals surface area contributed by atoms with Crippen molar-refractivity contribution < 1.29 is 17.8 Å². The van der Waals surface area contributed by atoms with Crippen LogP contribution < -0.4 is 5.73 Å². The number of nitrogens with zero attached hydrogens (tertiary/aromatic N) is 1. The van der Waals surface area contributed by atoms with Gasteiger partial charge < -0.3 is 5.73 Å². The van der Waals surface area contributed by atoms with Gasteiger partial charge in [0.1, 0.15) is 22.6 Å². The van der Waals surface area contributed by atoms with Crippen LogP contribution in [0.2, 0.25) is 0 Å². The molecule has 1 saturated carbocycles. The Kier molecular flexibility index (Phi) is 6.02. The first-order chi connectivity index (χ1) is 14.4. The zero-order chi connectivity index (χ0) is 21.3. The topological polar surface area (TPSA) is 63.4 Å². The molecule has 2 aromatic carbocycles. The normalized spacial score (nSPS) is 23.3. The quantitative estimate of drug-likeness (QED) is 0.711. The molecule has 1 aliphatic heterocycles. The summed E-state index contributed by atoms with van der Waals surface area (Å²) >= 11 is 0. The molecule has 4 nitrogen and oxygen atoms in total. The van der Waals surface area contributed by atoms with E-state index >= 15 is 0 Å². The number of carbonyl (C=O) groups is 1. The molecule has 1 aliphatic carbocycles. The van der Waals surface area contributed by atoms with Gasteiger partial charge in [-0.05, 0) is 60.8 Å². The Bertz CT molecular complexity index is 963. The number of benzene rings is 2. The van der Waals surface area contributed by atoms with E-state index in [1.165, 1.54) is 12.1 Å². The van der Waals surface area contributed by atoms with Crippen molar-refractivity contribution in [1.82, 2.24) is 4.31 Å². The Morgan fingerprint density at radius 2 is 1.90 bits per heavy atom. The van der Waals surface area contributed by atoms with E-state index in [4.69, 9.17) is 5.73 Å². The molecule has 2 fully saturated rings. The lowest BCUT2D eigenvalue weighted by atomic mass is 9.89. The second kappa shape index (κ2) is 8.55. The number of hydrogen-bond donors (Lipinski definition) is 1. The van der Waals surface area contributed by atoms with Crippen LogP contribution >= 0.6 is 0 Å². The summed E-state index contributed by atoms with van der Waals surface area (Å²) < 4.78 is 44.6. The van der Waals surface area contributed by atoms with Crippen molar-refractivity contribution >= 4 is 16.9 Å². The molecule has 4 rings (SSSR count). The SMILES string of the molecule is NC(=O)CCC1(c2cc(F)c(CN3CCC[C@H](c4ccccc4)S3=O)cc2F)CC1. The second-order valence-corrected chi connectivity index (χ2v) is 9.99. The Morgan fingerprint density at radius 1 is 1.17 bits per heavy atom. The van der Waals surface area contributed by atoms with Crippen LogP contribution in [0.25, 0.3) is 0 Å². The number of primary amides is 1. The number of amides is 1. The fourth-order valence-corrected chi connectivity index (χ4v) is 6.08. The molecule has 0 bridgehead atoms. The summed E-state index contributed by atoms with van der Waals surface area (Å²) in [5.74, 6) is -1.38. The van der Waals surface area contributed by atoms with Crippen LogP contribution in [0.1, 0.15) is 60.5 Å². The fourth-order valence-electron chi connectivity index (χ4n) is 4.39. The van der Waals surface area contributed by atoms with E-state index < -0.39 is 33.9 Å². The van der Waals surface area contributed by atoms with Gasteiger partial charge in [-0.1, -0.05) is 30.3 Å². The van der Waals surface area contributed by atoms with Crippen LogP contribution in [0, 0.1) is 11.6 Å². The molecule has 160 valence electrons. The molecule has 1 unspecified atom stereocenters. The van der Waals surface area contributed by atoms with Gasteiger partial charge in [0, 0.05) is 25.1 Å². The molecule has 2 aromatic rings. The van der Waals surface area contributed by atoms with Crippen LogP contribution in [0.5, 0.6) is 0 Å². The lowest BCUT2D eigenvalue weighted by Gasteiger charge is -2.32. The molecule has 0 spiro atoms. The van der Waals surface area contributed by atoms with Crippen molar-refractivity contribution in [2.24, 2.45) is 5.73 Å². The van der Waals surface area contributed by atoms with Crippen molar-refractivity contribution in [2.75, 3.05) is 6.54 Å². The minimum absolute atomic E-state index is 0.104. The van der Waals surface area contributed by atoms with Crippen LogP contribution in [-0.4, -0.2) is 21.0 Å². The molecular formula is C23H26F2N2O2S. The molecule has 1 heterocycles. The molecule has 0 aromatic heterocycles. The first-order valence-electron chi connectivity index (χ1n) is 10.4. The van der Waals surface area contributed by atoms with E-state index in [0.29, 0.717) is 18.5 Å². The maximum Gasteiger partial charge on any atom is 0.217 e. The predicted molar refractivity (Wildman–Crippen MR) is 113 cm³/mol. The number of carbonyl (C=O) groups excluding carboxylic acids is 1. The van der Waals surface area contributed by atoms with Crippen LogP contribution in [0.3, 0.4) is 0 Å². The standard InChI is InChI=1S/C23H26F2N2O2S/c24-19-14-18(23(10-11-23)9-8-22(26)28)20(25)13-17(19)15-27-12-4-7-21(30(27)29)16-5-2-1-3-6-16/h1-3,5-6,13-14,21H,4,7-12,15H2,(H2,26,28)/t21-,30?/m1/s1. The molecule has 1 amide bonds. The van der Waals surface area contributed by atoms with E-state index in [1.807, 2.05) is 30.3 Å². The highest BCUT2D eigenvalue weighted by atomic mass is 32.2. The number of hydrogen-bond acceptors (Lipinski definition) is 2. The fraction of sp³-hybridized carbons (Fsp3) is 0.435. The second-order valence-electron chi connectivity index (χ2n) is 8.35. The van der Waals surface area contributed by atoms with Gasteiger partial charge in [-0.3, -0.25) is 4.79 Å². The summed E-state index contributed by atoms with van der Waals surface area (Å²) in [6.07, 6.45) is 3.72. The van der Waals surface area contributed by atoms with Gasteiger partial charge in [-0.2, -0.15) is 0 Å². The predicted octanol–water partition coefficient (Wildman–Crippen LogP) is 4.26. The Balaban J connectivity index is 1.52. The van der Waals surface area contributed by atoms with Gasteiger partial charge in [0.15, 0.2) is 0 Å². The zero-order valence-corrected chi connectivity index (χ0v) is 17.6. The van der Waals surface area contributed by atoms with E-state index in [1.54, 1.807) is 4.31 Å². The summed E-state index contributed by atoms with van der Waals surface area (Å²) in [6, 6.07) is 12.2. The van der Waals surface area contributed by atoms with Crippen LogP contribution in [-0.2, 0) is 27.7 Å². The van der Waals surface area contributed by atoms with Crippen LogP contribution in [0.15, 0.2) is 42.5 Å². The summed E-state index contributed by atoms with van der Waals surface area (Å²) in [4.78, 5) is 11.1. The monoisotopic (exact) mass is 432 g/mol.